The van der Waals surface area contributed by atoms with E-state index in [9.17, 15) is 4.79 Å². The Kier molecular flexibility index (Phi) is 5.80. The number of halogens is 2. The van der Waals surface area contributed by atoms with E-state index in [-0.39, 0.29) is 5.91 Å². The highest BCUT2D eigenvalue weighted by Gasteiger charge is 2.23. The number of hydrogen-bond donors (Lipinski definition) is 1. The zero-order chi connectivity index (χ0) is 19.5. The number of morpholine rings is 1. The third kappa shape index (κ3) is 4.14. The number of amides is 1. The lowest BCUT2D eigenvalue weighted by Crippen LogP contribution is -2.41. The Morgan fingerprint density at radius 2 is 1.93 bits per heavy atom. The van der Waals surface area contributed by atoms with Crippen molar-refractivity contribution in [2.45, 2.75) is 6.54 Å². The molecule has 0 atom stereocenters. The van der Waals surface area contributed by atoms with Crippen molar-refractivity contribution < 1.29 is 9.53 Å². The minimum absolute atomic E-state index is 0.0454. The molecule has 2 aromatic carbocycles. The van der Waals surface area contributed by atoms with Gasteiger partial charge in [0.15, 0.2) is 0 Å². The lowest BCUT2D eigenvalue weighted by molar-refractivity contribution is 0.0303. The van der Waals surface area contributed by atoms with Crippen LogP contribution in [0.4, 0.5) is 5.69 Å². The molecule has 1 N–H and O–H groups in total. The van der Waals surface area contributed by atoms with E-state index in [1.54, 1.807) is 12.3 Å². The minimum atomic E-state index is -0.0454. The highest BCUT2D eigenvalue weighted by atomic mass is 79.9. The highest BCUT2D eigenvalue weighted by Crippen LogP contribution is 2.30. The quantitative estimate of drug-likeness (QED) is 0.611. The first kappa shape index (κ1) is 19.2. The van der Waals surface area contributed by atoms with Gasteiger partial charge in [0.25, 0.3) is 5.91 Å². The Balaban J connectivity index is 1.72. The topological polar surface area (TPSA) is 54.5 Å². The summed E-state index contributed by atoms with van der Waals surface area (Å²) in [5.41, 5.74) is 3.21. The Bertz CT molecular complexity index is 1000. The van der Waals surface area contributed by atoms with Gasteiger partial charge in [0.1, 0.15) is 0 Å². The van der Waals surface area contributed by atoms with Crippen LogP contribution in [0, 0.1) is 0 Å². The van der Waals surface area contributed by atoms with Gasteiger partial charge in [-0.1, -0.05) is 39.7 Å². The second kappa shape index (κ2) is 8.47. The second-order valence-corrected chi connectivity index (χ2v) is 7.95. The highest BCUT2D eigenvalue weighted by molar-refractivity contribution is 9.10. The van der Waals surface area contributed by atoms with Crippen molar-refractivity contribution in [1.82, 2.24) is 9.88 Å². The van der Waals surface area contributed by atoms with Crippen molar-refractivity contribution in [3.63, 3.8) is 0 Å². The molecular formula is C21H19BrClN3O2. The molecule has 0 saturated carbocycles. The molecule has 4 rings (SSSR count). The van der Waals surface area contributed by atoms with Gasteiger partial charge in [-0.2, -0.15) is 0 Å². The van der Waals surface area contributed by atoms with E-state index in [1.807, 2.05) is 41.3 Å². The van der Waals surface area contributed by atoms with Gasteiger partial charge in [-0.25, -0.2) is 0 Å². The fraction of sp³-hybridized carbons (Fsp3) is 0.238. The molecule has 5 nitrogen and oxygen atoms in total. The SMILES string of the molecule is O=C(c1cnc2ccc(Cl)cc2c1NCc1ccc(Br)cc1)N1CCOCC1. The van der Waals surface area contributed by atoms with Crippen molar-refractivity contribution in [1.29, 1.82) is 0 Å². The zero-order valence-corrected chi connectivity index (χ0v) is 17.5. The number of anilines is 1. The average Bonchev–Trinajstić information content (AvgIpc) is 2.73. The molecule has 144 valence electrons. The molecule has 1 amide bonds. The maximum Gasteiger partial charge on any atom is 0.257 e. The van der Waals surface area contributed by atoms with Crippen molar-refractivity contribution in [3.8, 4) is 0 Å². The van der Waals surface area contributed by atoms with Crippen LogP contribution in [0.15, 0.2) is 53.1 Å². The summed E-state index contributed by atoms with van der Waals surface area (Å²) in [5, 5.41) is 4.89. The van der Waals surface area contributed by atoms with Crippen molar-refractivity contribution in [2.75, 3.05) is 31.6 Å². The lowest BCUT2D eigenvalue weighted by Gasteiger charge is -2.28. The van der Waals surface area contributed by atoms with Gasteiger partial charge in [0, 0.05) is 40.7 Å². The van der Waals surface area contributed by atoms with Crippen molar-refractivity contribution in [3.05, 3.63) is 69.3 Å². The smallest absolute Gasteiger partial charge is 0.257 e. The lowest BCUT2D eigenvalue weighted by atomic mass is 10.1. The van der Waals surface area contributed by atoms with E-state index in [4.69, 9.17) is 16.3 Å². The maximum atomic E-state index is 13.2. The monoisotopic (exact) mass is 459 g/mol. The molecule has 3 aromatic rings. The summed E-state index contributed by atoms with van der Waals surface area (Å²) in [5.74, 6) is -0.0454. The van der Waals surface area contributed by atoms with Crippen molar-refractivity contribution >= 4 is 50.0 Å². The third-order valence-electron chi connectivity index (χ3n) is 4.74. The predicted octanol–water partition coefficient (Wildman–Crippen LogP) is 4.74. The summed E-state index contributed by atoms with van der Waals surface area (Å²) in [6.07, 6.45) is 1.65. The van der Waals surface area contributed by atoms with Crippen LogP contribution in [-0.2, 0) is 11.3 Å². The molecule has 1 aliphatic heterocycles. The van der Waals surface area contributed by atoms with E-state index in [0.29, 0.717) is 43.4 Å². The normalized spacial score (nSPS) is 14.3. The summed E-state index contributed by atoms with van der Waals surface area (Å²) >= 11 is 9.69. The van der Waals surface area contributed by atoms with Crippen LogP contribution in [0.1, 0.15) is 15.9 Å². The van der Waals surface area contributed by atoms with Crippen LogP contribution in [-0.4, -0.2) is 42.1 Å². The number of carbonyl (C=O) groups is 1. The Hall–Kier alpha value is -2.15. The molecule has 0 aliphatic carbocycles. The second-order valence-electron chi connectivity index (χ2n) is 6.59. The summed E-state index contributed by atoms with van der Waals surface area (Å²) in [6, 6.07) is 13.6. The number of nitrogens with one attached hydrogen (secondary N) is 1. The van der Waals surface area contributed by atoms with Gasteiger partial charge in [-0.15, -0.1) is 0 Å². The number of hydrogen-bond acceptors (Lipinski definition) is 4. The molecule has 1 aromatic heterocycles. The summed E-state index contributed by atoms with van der Waals surface area (Å²) in [4.78, 5) is 19.4. The molecule has 28 heavy (non-hydrogen) atoms. The number of rotatable bonds is 4. The number of ether oxygens (including phenoxy) is 1. The largest absolute Gasteiger partial charge is 0.380 e. The van der Waals surface area contributed by atoms with E-state index in [0.717, 1.165) is 26.6 Å². The van der Waals surface area contributed by atoms with Crippen LogP contribution in [0.25, 0.3) is 10.9 Å². The van der Waals surface area contributed by atoms with Gasteiger partial charge in [0.05, 0.1) is 30.0 Å². The summed E-state index contributed by atoms with van der Waals surface area (Å²) in [7, 11) is 0. The molecule has 1 aliphatic rings. The van der Waals surface area contributed by atoms with Crippen molar-refractivity contribution in [2.24, 2.45) is 0 Å². The Labute approximate surface area is 176 Å². The van der Waals surface area contributed by atoms with E-state index < -0.39 is 0 Å². The number of aromatic nitrogens is 1. The van der Waals surface area contributed by atoms with Gasteiger partial charge < -0.3 is 15.0 Å². The van der Waals surface area contributed by atoms with Gasteiger partial charge in [-0.3, -0.25) is 9.78 Å². The van der Waals surface area contributed by atoms with Crippen LogP contribution >= 0.6 is 27.5 Å². The molecule has 0 bridgehead atoms. The average molecular weight is 461 g/mol. The Morgan fingerprint density at radius 3 is 2.68 bits per heavy atom. The summed E-state index contributed by atoms with van der Waals surface area (Å²) in [6.45, 7) is 2.86. The number of fused-ring (bicyclic) bond motifs is 1. The van der Waals surface area contributed by atoms with Gasteiger partial charge in [-0.05, 0) is 35.9 Å². The van der Waals surface area contributed by atoms with Crippen LogP contribution < -0.4 is 5.32 Å². The molecule has 1 saturated heterocycles. The van der Waals surface area contributed by atoms with Crippen LogP contribution in [0.3, 0.4) is 0 Å². The van der Waals surface area contributed by atoms with Gasteiger partial charge in [0.2, 0.25) is 0 Å². The molecule has 0 radical (unpaired) electrons. The number of nitrogens with zero attached hydrogens (tertiary/aromatic N) is 2. The fourth-order valence-electron chi connectivity index (χ4n) is 3.25. The molecule has 0 unspecified atom stereocenters. The zero-order valence-electron chi connectivity index (χ0n) is 15.1. The first-order valence-corrected chi connectivity index (χ1v) is 10.2. The Morgan fingerprint density at radius 1 is 1.18 bits per heavy atom. The van der Waals surface area contributed by atoms with E-state index in [1.165, 1.54) is 0 Å². The first-order chi connectivity index (χ1) is 13.6. The molecule has 0 spiro atoms. The predicted molar refractivity (Wildman–Crippen MR) is 115 cm³/mol. The number of benzene rings is 2. The minimum Gasteiger partial charge on any atom is -0.380 e. The third-order valence-corrected chi connectivity index (χ3v) is 5.51. The molecule has 1 fully saturated rings. The van der Waals surface area contributed by atoms with Crippen LogP contribution in [0.2, 0.25) is 5.02 Å². The molecule has 2 heterocycles. The molecular weight excluding hydrogens is 442 g/mol. The fourth-order valence-corrected chi connectivity index (χ4v) is 3.68. The first-order valence-electron chi connectivity index (χ1n) is 9.05. The molecule has 7 heteroatoms. The number of pyridine rings is 1. The van der Waals surface area contributed by atoms with E-state index >= 15 is 0 Å². The number of carbonyl (C=O) groups excluding carboxylic acids is 1. The standard InChI is InChI=1S/C21H19BrClN3O2/c22-15-3-1-14(2-4-15)12-25-20-17-11-16(23)5-6-19(17)24-13-18(20)21(27)26-7-9-28-10-8-26/h1-6,11,13H,7-10,12H2,(H,24,25). The van der Waals surface area contributed by atoms with Gasteiger partial charge >= 0.3 is 0 Å². The van der Waals surface area contributed by atoms with Crippen LogP contribution in [0.5, 0.6) is 0 Å². The van der Waals surface area contributed by atoms with E-state index in [2.05, 4.69) is 26.2 Å². The summed E-state index contributed by atoms with van der Waals surface area (Å²) < 4.78 is 6.40. The maximum absolute atomic E-state index is 13.2.